The van der Waals surface area contributed by atoms with Crippen molar-refractivity contribution in [3.8, 4) is 5.88 Å². The van der Waals surface area contributed by atoms with Gasteiger partial charge in [-0.3, -0.25) is 0 Å². The molecule has 0 N–H and O–H groups in total. The second-order valence-corrected chi connectivity index (χ2v) is 5.96. The molecule has 1 heterocycles. The van der Waals surface area contributed by atoms with Gasteiger partial charge in [-0.1, -0.05) is 6.92 Å². The summed E-state index contributed by atoms with van der Waals surface area (Å²) in [6, 6.07) is 1.84. The van der Waals surface area contributed by atoms with E-state index < -0.39 is 5.92 Å². The monoisotopic (exact) mass is 268 g/mol. The third kappa shape index (κ3) is 2.42. The average Bonchev–Trinajstić information content (AvgIpc) is 2.23. The highest BCUT2D eigenvalue weighted by Gasteiger charge is 2.62. The van der Waals surface area contributed by atoms with Gasteiger partial charge in [0.05, 0.1) is 0 Å². The Kier molecular flexibility index (Phi) is 2.76. The molecule has 3 rings (SSSR count). The Morgan fingerprint density at radius 1 is 1.32 bits per heavy atom. The van der Waals surface area contributed by atoms with Crippen molar-refractivity contribution in [2.24, 2.45) is 5.41 Å². The minimum Gasteiger partial charge on any atom is -0.474 e. The van der Waals surface area contributed by atoms with Crippen LogP contribution in [0.4, 0.5) is 8.78 Å². The molecular formula is C14H18F2N2O. The molecular weight excluding hydrogens is 250 g/mol. The molecule has 19 heavy (non-hydrogen) atoms. The SMILES string of the molecule is CCc1cc(OC2CC3(C2)CC(F)(F)C3)nc(C)n1. The number of hydrogen-bond acceptors (Lipinski definition) is 3. The van der Waals surface area contributed by atoms with Crippen molar-refractivity contribution < 1.29 is 13.5 Å². The molecule has 0 aliphatic heterocycles. The van der Waals surface area contributed by atoms with Crippen LogP contribution in [-0.4, -0.2) is 22.0 Å². The van der Waals surface area contributed by atoms with Crippen LogP contribution >= 0.6 is 0 Å². The predicted molar refractivity (Wildman–Crippen MR) is 66.4 cm³/mol. The zero-order chi connectivity index (χ0) is 13.7. The molecule has 104 valence electrons. The van der Waals surface area contributed by atoms with E-state index in [0.29, 0.717) is 11.7 Å². The number of ether oxygens (including phenoxy) is 1. The lowest BCUT2D eigenvalue weighted by molar-refractivity contribution is -0.215. The normalized spacial score (nSPS) is 23.8. The Labute approximate surface area is 111 Å². The molecule has 0 bridgehead atoms. The van der Waals surface area contributed by atoms with Gasteiger partial charge in [-0.2, -0.15) is 4.98 Å². The lowest BCUT2D eigenvalue weighted by Crippen LogP contribution is -2.56. The number of halogens is 2. The first-order valence-electron chi connectivity index (χ1n) is 6.79. The zero-order valence-corrected chi connectivity index (χ0v) is 11.2. The van der Waals surface area contributed by atoms with Crippen LogP contribution < -0.4 is 4.74 Å². The van der Waals surface area contributed by atoms with Crippen molar-refractivity contribution in [2.45, 2.75) is 58.0 Å². The minimum atomic E-state index is -2.44. The fourth-order valence-corrected chi connectivity index (χ4v) is 3.34. The first kappa shape index (κ1) is 12.8. The summed E-state index contributed by atoms with van der Waals surface area (Å²) < 4.78 is 31.6. The lowest BCUT2D eigenvalue weighted by Gasteiger charge is -2.56. The first-order valence-corrected chi connectivity index (χ1v) is 6.79. The standard InChI is InChI=1S/C14H18F2N2O/c1-3-10-4-12(18-9(2)17-10)19-11-5-13(6-11)7-14(15,16)8-13/h4,11H,3,5-8H2,1-2H3. The summed E-state index contributed by atoms with van der Waals surface area (Å²) in [6.07, 6.45) is 2.39. The second kappa shape index (κ2) is 4.12. The van der Waals surface area contributed by atoms with Gasteiger partial charge in [0.2, 0.25) is 11.8 Å². The van der Waals surface area contributed by atoms with Crippen LogP contribution in [0.1, 0.15) is 44.1 Å². The van der Waals surface area contributed by atoms with Crippen LogP contribution in [0, 0.1) is 12.3 Å². The van der Waals surface area contributed by atoms with E-state index in [9.17, 15) is 8.78 Å². The van der Waals surface area contributed by atoms with E-state index in [1.54, 1.807) is 0 Å². The van der Waals surface area contributed by atoms with Crippen molar-refractivity contribution in [1.29, 1.82) is 0 Å². The van der Waals surface area contributed by atoms with Crippen LogP contribution in [0.5, 0.6) is 5.88 Å². The smallest absolute Gasteiger partial charge is 0.249 e. The summed E-state index contributed by atoms with van der Waals surface area (Å²) in [5.74, 6) is -1.17. The molecule has 0 radical (unpaired) electrons. The van der Waals surface area contributed by atoms with E-state index in [1.807, 2.05) is 19.9 Å². The molecule has 0 aromatic carbocycles. The van der Waals surface area contributed by atoms with E-state index in [0.717, 1.165) is 25.0 Å². The molecule has 2 aliphatic rings. The zero-order valence-electron chi connectivity index (χ0n) is 11.2. The highest BCUT2D eigenvalue weighted by molar-refractivity contribution is 5.18. The van der Waals surface area contributed by atoms with E-state index >= 15 is 0 Å². The lowest BCUT2D eigenvalue weighted by atomic mass is 9.53. The third-order valence-electron chi connectivity index (χ3n) is 4.11. The van der Waals surface area contributed by atoms with Gasteiger partial charge in [0, 0.05) is 24.6 Å². The third-order valence-corrected chi connectivity index (χ3v) is 4.11. The molecule has 1 aromatic rings. The van der Waals surface area contributed by atoms with Crippen LogP contribution in [0.15, 0.2) is 6.07 Å². The fourth-order valence-electron chi connectivity index (χ4n) is 3.34. The van der Waals surface area contributed by atoms with E-state index in [2.05, 4.69) is 9.97 Å². The Morgan fingerprint density at radius 3 is 2.58 bits per heavy atom. The van der Waals surface area contributed by atoms with E-state index in [1.165, 1.54) is 0 Å². The molecule has 2 fully saturated rings. The number of hydrogen-bond donors (Lipinski definition) is 0. The average molecular weight is 268 g/mol. The summed E-state index contributed by atoms with van der Waals surface area (Å²) in [5.41, 5.74) is 0.802. The van der Waals surface area contributed by atoms with Gasteiger partial charge in [0.25, 0.3) is 0 Å². The molecule has 0 atom stereocenters. The number of rotatable bonds is 3. The molecule has 0 amide bonds. The topological polar surface area (TPSA) is 35.0 Å². The largest absolute Gasteiger partial charge is 0.474 e. The quantitative estimate of drug-likeness (QED) is 0.843. The molecule has 1 spiro atoms. The Morgan fingerprint density at radius 2 is 2.00 bits per heavy atom. The number of aromatic nitrogens is 2. The summed E-state index contributed by atoms with van der Waals surface area (Å²) in [6.45, 7) is 3.86. The van der Waals surface area contributed by atoms with Gasteiger partial charge in [-0.05, 0) is 31.6 Å². The van der Waals surface area contributed by atoms with Gasteiger partial charge in [-0.15, -0.1) is 0 Å². The van der Waals surface area contributed by atoms with Crippen molar-refractivity contribution in [3.63, 3.8) is 0 Å². The first-order chi connectivity index (χ1) is 8.90. The van der Waals surface area contributed by atoms with Crippen molar-refractivity contribution in [3.05, 3.63) is 17.6 Å². The number of nitrogens with zero attached hydrogens (tertiary/aromatic N) is 2. The molecule has 0 saturated heterocycles. The Balaban J connectivity index is 1.58. The Hall–Kier alpha value is -1.26. The van der Waals surface area contributed by atoms with E-state index in [-0.39, 0.29) is 24.4 Å². The predicted octanol–water partition coefficient (Wildman–Crippen LogP) is 3.30. The van der Waals surface area contributed by atoms with Crippen LogP contribution in [0.3, 0.4) is 0 Å². The minimum absolute atomic E-state index is 0.0306. The fraction of sp³-hybridized carbons (Fsp3) is 0.714. The van der Waals surface area contributed by atoms with Crippen LogP contribution in [0.25, 0.3) is 0 Å². The van der Waals surface area contributed by atoms with Crippen molar-refractivity contribution in [1.82, 2.24) is 9.97 Å². The summed E-state index contributed by atoms with van der Waals surface area (Å²) in [7, 11) is 0. The molecule has 2 aliphatic carbocycles. The highest BCUT2D eigenvalue weighted by Crippen LogP contribution is 2.62. The van der Waals surface area contributed by atoms with Gasteiger partial charge in [0.15, 0.2) is 0 Å². The van der Waals surface area contributed by atoms with Crippen LogP contribution in [-0.2, 0) is 6.42 Å². The second-order valence-electron chi connectivity index (χ2n) is 5.96. The summed E-state index contributed by atoms with van der Waals surface area (Å²) in [4.78, 5) is 8.53. The molecule has 3 nitrogen and oxygen atoms in total. The van der Waals surface area contributed by atoms with Crippen molar-refractivity contribution >= 4 is 0 Å². The van der Waals surface area contributed by atoms with Gasteiger partial charge in [0.1, 0.15) is 11.9 Å². The molecule has 1 aromatic heterocycles. The molecule has 2 saturated carbocycles. The van der Waals surface area contributed by atoms with Gasteiger partial charge >= 0.3 is 0 Å². The maximum absolute atomic E-state index is 12.9. The van der Waals surface area contributed by atoms with Gasteiger partial charge in [-0.25, -0.2) is 13.8 Å². The van der Waals surface area contributed by atoms with Crippen molar-refractivity contribution in [2.75, 3.05) is 0 Å². The highest BCUT2D eigenvalue weighted by atomic mass is 19.3. The summed E-state index contributed by atoms with van der Waals surface area (Å²) in [5, 5.41) is 0. The van der Waals surface area contributed by atoms with Gasteiger partial charge < -0.3 is 4.74 Å². The van der Waals surface area contributed by atoms with E-state index in [4.69, 9.17) is 4.74 Å². The maximum Gasteiger partial charge on any atom is 0.249 e. The Bertz CT molecular complexity index is 488. The van der Waals surface area contributed by atoms with Crippen LogP contribution in [0.2, 0.25) is 0 Å². The molecule has 0 unspecified atom stereocenters. The maximum atomic E-state index is 12.9. The molecule has 5 heteroatoms. The number of alkyl halides is 2. The number of aryl methyl sites for hydroxylation is 2. The summed E-state index contributed by atoms with van der Waals surface area (Å²) >= 11 is 0.